The van der Waals surface area contributed by atoms with Gasteiger partial charge in [0.05, 0.1) is 6.61 Å². The van der Waals surface area contributed by atoms with E-state index in [2.05, 4.69) is 9.46 Å². The molecular formula is C11H16N2O4S. The van der Waals surface area contributed by atoms with Crippen LogP contribution in [0.15, 0.2) is 24.3 Å². The van der Waals surface area contributed by atoms with Gasteiger partial charge >= 0.3 is 5.97 Å². The van der Waals surface area contributed by atoms with E-state index in [9.17, 15) is 13.2 Å². The summed E-state index contributed by atoms with van der Waals surface area (Å²) in [5, 5.41) is 0. The van der Waals surface area contributed by atoms with Crippen LogP contribution in [0.1, 0.15) is 12.5 Å². The zero-order chi connectivity index (χ0) is 13.6. The van der Waals surface area contributed by atoms with Gasteiger partial charge in [-0.25, -0.2) is 13.1 Å². The Morgan fingerprint density at radius 1 is 1.33 bits per heavy atom. The van der Waals surface area contributed by atoms with Crippen molar-refractivity contribution in [2.24, 2.45) is 0 Å². The number of anilines is 1. The van der Waals surface area contributed by atoms with Crippen LogP contribution >= 0.6 is 0 Å². The minimum Gasteiger partial charge on any atom is -0.465 e. The highest BCUT2D eigenvalue weighted by Crippen LogP contribution is 2.05. The molecule has 0 atom stereocenters. The number of sulfonamides is 1. The van der Waals surface area contributed by atoms with Crippen LogP contribution in [0.5, 0.6) is 0 Å². The second-order valence-corrected chi connectivity index (χ2v) is 5.43. The molecule has 0 aliphatic heterocycles. The Morgan fingerprint density at radius 3 is 2.50 bits per heavy atom. The van der Waals surface area contributed by atoms with E-state index in [0.29, 0.717) is 5.69 Å². The average molecular weight is 272 g/mol. The topological polar surface area (TPSA) is 98.5 Å². The highest BCUT2D eigenvalue weighted by atomic mass is 32.2. The van der Waals surface area contributed by atoms with Crippen LogP contribution in [-0.2, 0) is 26.1 Å². The summed E-state index contributed by atoms with van der Waals surface area (Å²) >= 11 is 0. The molecule has 0 fully saturated rings. The number of nitrogens with two attached hydrogens (primary N) is 1. The quantitative estimate of drug-likeness (QED) is 0.571. The molecule has 0 saturated carbocycles. The van der Waals surface area contributed by atoms with Crippen LogP contribution in [0.25, 0.3) is 0 Å². The van der Waals surface area contributed by atoms with E-state index >= 15 is 0 Å². The standard InChI is InChI=1S/C11H16N2O4S/c1-2-17-11(14)8-18(15,16)13-7-9-3-5-10(12)6-4-9/h3-6,13H,2,7-8,12H2,1H3. The molecule has 18 heavy (non-hydrogen) atoms. The Hall–Kier alpha value is -1.60. The largest absolute Gasteiger partial charge is 0.465 e. The van der Waals surface area contributed by atoms with E-state index in [-0.39, 0.29) is 13.2 Å². The number of ether oxygens (including phenoxy) is 1. The molecule has 0 saturated heterocycles. The maximum atomic E-state index is 11.5. The van der Waals surface area contributed by atoms with Crippen LogP contribution in [0, 0.1) is 0 Å². The highest BCUT2D eigenvalue weighted by molar-refractivity contribution is 7.90. The molecule has 3 N–H and O–H groups in total. The monoisotopic (exact) mass is 272 g/mol. The van der Waals surface area contributed by atoms with Gasteiger partial charge < -0.3 is 10.5 Å². The Bertz CT molecular complexity index is 496. The number of hydrogen-bond acceptors (Lipinski definition) is 5. The molecule has 0 bridgehead atoms. The van der Waals surface area contributed by atoms with Crippen molar-refractivity contribution in [3.63, 3.8) is 0 Å². The number of nitrogens with one attached hydrogen (secondary N) is 1. The third kappa shape index (κ3) is 5.15. The summed E-state index contributed by atoms with van der Waals surface area (Å²) < 4.78 is 29.9. The van der Waals surface area contributed by atoms with Gasteiger partial charge in [-0.2, -0.15) is 0 Å². The van der Waals surface area contributed by atoms with E-state index < -0.39 is 21.7 Å². The molecule has 0 heterocycles. The molecular weight excluding hydrogens is 256 g/mol. The summed E-state index contributed by atoms with van der Waals surface area (Å²) in [5.74, 6) is -1.43. The molecule has 0 amide bonds. The van der Waals surface area contributed by atoms with Gasteiger partial charge in [-0.15, -0.1) is 0 Å². The minimum atomic E-state index is -3.67. The number of hydrogen-bond donors (Lipinski definition) is 2. The predicted octanol–water partition coefficient (Wildman–Crippen LogP) is 0.251. The Kier molecular flexibility index (Phi) is 5.11. The van der Waals surface area contributed by atoms with Crippen molar-refractivity contribution in [1.82, 2.24) is 4.72 Å². The van der Waals surface area contributed by atoms with Crippen molar-refractivity contribution in [3.8, 4) is 0 Å². The second-order valence-electron chi connectivity index (χ2n) is 3.63. The smallest absolute Gasteiger partial charge is 0.322 e. The first-order chi connectivity index (χ1) is 8.43. The summed E-state index contributed by atoms with van der Waals surface area (Å²) in [7, 11) is -3.67. The maximum absolute atomic E-state index is 11.5. The molecule has 100 valence electrons. The summed E-state index contributed by atoms with van der Waals surface area (Å²) in [6.07, 6.45) is 0. The summed E-state index contributed by atoms with van der Waals surface area (Å²) in [4.78, 5) is 11.1. The van der Waals surface area contributed by atoms with Gasteiger partial charge in [0, 0.05) is 12.2 Å². The molecule has 0 aliphatic carbocycles. The lowest BCUT2D eigenvalue weighted by atomic mass is 10.2. The Morgan fingerprint density at radius 2 is 1.94 bits per heavy atom. The number of carbonyl (C=O) groups excluding carboxylic acids is 1. The fourth-order valence-corrected chi connectivity index (χ4v) is 2.12. The van der Waals surface area contributed by atoms with E-state index in [1.165, 1.54) is 0 Å². The van der Waals surface area contributed by atoms with Crippen molar-refractivity contribution >= 4 is 21.7 Å². The summed E-state index contributed by atoms with van der Waals surface area (Å²) in [6.45, 7) is 1.89. The summed E-state index contributed by atoms with van der Waals surface area (Å²) in [5.41, 5.74) is 6.87. The number of rotatable bonds is 6. The number of esters is 1. The summed E-state index contributed by atoms with van der Waals surface area (Å²) in [6, 6.07) is 6.77. The highest BCUT2D eigenvalue weighted by Gasteiger charge is 2.16. The van der Waals surface area contributed by atoms with Crippen LogP contribution in [0.4, 0.5) is 5.69 Å². The van der Waals surface area contributed by atoms with Gasteiger partial charge in [0.1, 0.15) is 0 Å². The molecule has 0 aromatic heterocycles. The minimum absolute atomic E-state index is 0.113. The number of nitrogen functional groups attached to an aromatic ring is 1. The van der Waals surface area contributed by atoms with Crippen molar-refractivity contribution < 1.29 is 17.9 Å². The third-order valence-electron chi connectivity index (χ3n) is 2.09. The lowest BCUT2D eigenvalue weighted by Crippen LogP contribution is -2.30. The van der Waals surface area contributed by atoms with E-state index in [1.807, 2.05) is 0 Å². The maximum Gasteiger partial charge on any atom is 0.322 e. The van der Waals surface area contributed by atoms with Crippen molar-refractivity contribution in [2.75, 3.05) is 18.1 Å². The fraction of sp³-hybridized carbons (Fsp3) is 0.364. The number of carbonyl (C=O) groups is 1. The fourth-order valence-electron chi connectivity index (χ4n) is 1.24. The molecule has 7 heteroatoms. The van der Waals surface area contributed by atoms with Crippen LogP contribution in [0.3, 0.4) is 0 Å². The Labute approximate surface area is 106 Å². The average Bonchev–Trinajstić information content (AvgIpc) is 2.28. The zero-order valence-electron chi connectivity index (χ0n) is 10.0. The van der Waals surface area contributed by atoms with Crippen LogP contribution in [-0.4, -0.2) is 26.7 Å². The molecule has 0 aliphatic rings. The van der Waals surface area contributed by atoms with Gasteiger partial charge in [0.15, 0.2) is 5.75 Å². The Balaban J connectivity index is 2.51. The van der Waals surface area contributed by atoms with Crippen molar-refractivity contribution in [1.29, 1.82) is 0 Å². The molecule has 0 unspecified atom stereocenters. The van der Waals surface area contributed by atoms with Gasteiger partial charge in [-0.3, -0.25) is 4.79 Å². The van der Waals surface area contributed by atoms with Gasteiger partial charge in [-0.1, -0.05) is 12.1 Å². The first kappa shape index (κ1) is 14.5. The van der Waals surface area contributed by atoms with Crippen LogP contribution < -0.4 is 10.5 Å². The normalized spacial score (nSPS) is 11.2. The molecule has 0 radical (unpaired) electrons. The third-order valence-corrected chi connectivity index (χ3v) is 3.29. The predicted molar refractivity (Wildman–Crippen MR) is 68.1 cm³/mol. The second kappa shape index (κ2) is 6.36. The van der Waals surface area contributed by atoms with Crippen molar-refractivity contribution in [3.05, 3.63) is 29.8 Å². The van der Waals surface area contributed by atoms with E-state index in [1.54, 1.807) is 31.2 Å². The number of benzene rings is 1. The first-order valence-corrected chi connectivity index (χ1v) is 7.05. The SMILES string of the molecule is CCOC(=O)CS(=O)(=O)NCc1ccc(N)cc1. The van der Waals surface area contributed by atoms with E-state index in [4.69, 9.17) is 5.73 Å². The first-order valence-electron chi connectivity index (χ1n) is 5.40. The van der Waals surface area contributed by atoms with Gasteiger partial charge in [-0.05, 0) is 24.6 Å². The lowest BCUT2D eigenvalue weighted by molar-refractivity contribution is -0.139. The molecule has 6 nitrogen and oxygen atoms in total. The molecule has 1 aromatic rings. The lowest BCUT2D eigenvalue weighted by Gasteiger charge is -2.06. The molecule has 0 spiro atoms. The van der Waals surface area contributed by atoms with Crippen molar-refractivity contribution in [2.45, 2.75) is 13.5 Å². The van der Waals surface area contributed by atoms with Gasteiger partial charge in [0.25, 0.3) is 0 Å². The van der Waals surface area contributed by atoms with Crippen LogP contribution in [0.2, 0.25) is 0 Å². The molecule has 1 rings (SSSR count). The van der Waals surface area contributed by atoms with E-state index in [0.717, 1.165) is 5.56 Å². The van der Waals surface area contributed by atoms with Gasteiger partial charge in [0.2, 0.25) is 10.0 Å². The molecule has 1 aromatic carbocycles. The zero-order valence-corrected chi connectivity index (χ0v) is 10.9.